The van der Waals surface area contributed by atoms with Crippen LogP contribution in [0.2, 0.25) is 0 Å². The molecule has 0 N–H and O–H groups in total. The molecule has 0 amide bonds. The van der Waals surface area contributed by atoms with Crippen LogP contribution < -0.4 is 5.56 Å². The predicted octanol–water partition coefficient (Wildman–Crippen LogP) is 2.69. The normalized spacial score (nSPS) is 11.1. The van der Waals surface area contributed by atoms with Gasteiger partial charge in [0.15, 0.2) is 0 Å². The van der Waals surface area contributed by atoms with Gasteiger partial charge in [-0.2, -0.15) is 0 Å². The summed E-state index contributed by atoms with van der Waals surface area (Å²) in [5.74, 6) is 0. The van der Waals surface area contributed by atoms with Crippen LogP contribution in [0.4, 0.5) is 0 Å². The standard InChI is InChI=1S/C14H16NOP/c1-17-11-9-12-5-7-13(8-6-12)15-10-3-2-4-14(15)16/h2-8,10,17H,9,11H2,1H3. The van der Waals surface area contributed by atoms with Crippen LogP contribution >= 0.6 is 8.58 Å². The van der Waals surface area contributed by atoms with Crippen molar-refractivity contribution in [2.24, 2.45) is 0 Å². The second kappa shape index (κ2) is 5.79. The second-order valence-electron chi connectivity index (χ2n) is 3.93. The Morgan fingerprint density at radius 2 is 1.88 bits per heavy atom. The first-order chi connectivity index (χ1) is 8.31. The van der Waals surface area contributed by atoms with Gasteiger partial charge < -0.3 is 0 Å². The van der Waals surface area contributed by atoms with Gasteiger partial charge in [0.25, 0.3) is 5.56 Å². The van der Waals surface area contributed by atoms with Gasteiger partial charge in [-0.1, -0.05) is 18.2 Å². The molecular weight excluding hydrogens is 229 g/mol. The van der Waals surface area contributed by atoms with Gasteiger partial charge in [0, 0.05) is 18.0 Å². The third kappa shape index (κ3) is 3.04. The molecule has 88 valence electrons. The Morgan fingerprint density at radius 3 is 2.53 bits per heavy atom. The Morgan fingerprint density at radius 1 is 1.12 bits per heavy atom. The van der Waals surface area contributed by atoms with Crippen molar-refractivity contribution in [3.63, 3.8) is 0 Å². The first kappa shape index (κ1) is 12.1. The van der Waals surface area contributed by atoms with Crippen molar-refractivity contribution < 1.29 is 0 Å². The third-order valence-corrected chi connectivity index (χ3v) is 3.45. The summed E-state index contributed by atoms with van der Waals surface area (Å²) in [6.07, 6.45) is 4.16. The number of pyridine rings is 1. The van der Waals surface area contributed by atoms with Crippen molar-refractivity contribution in [1.82, 2.24) is 4.57 Å². The van der Waals surface area contributed by atoms with Crippen LogP contribution in [0.5, 0.6) is 0 Å². The van der Waals surface area contributed by atoms with E-state index in [0.717, 1.165) is 20.7 Å². The van der Waals surface area contributed by atoms with Crippen LogP contribution in [0.3, 0.4) is 0 Å². The summed E-state index contributed by atoms with van der Waals surface area (Å²) in [4.78, 5) is 11.6. The molecule has 0 saturated heterocycles. The molecule has 1 atom stereocenters. The molecule has 0 saturated carbocycles. The molecule has 0 aliphatic rings. The summed E-state index contributed by atoms with van der Waals surface area (Å²) < 4.78 is 1.66. The fourth-order valence-electron chi connectivity index (χ4n) is 1.73. The van der Waals surface area contributed by atoms with Crippen molar-refractivity contribution >= 4 is 8.58 Å². The molecule has 2 rings (SSSR count). The zero-order valence-corrected chi connectivity index (χ0v) is 10.9. The molecule has 1 aromatic carbocycles. The van der Waals surface area contributed by atoms with E-state index in [2.05, 4.69) is 18.8 Å². The van der Waals surface area contributed by atoms with Gasteiger partial charge >= 0.3 is 0 Å². The smallest absolute Gasteiger partial charge is 0.255 e. The zero-order chi connectivity index (χ0) is 12.1. The average molecular weight is 245 g/mol. The molecule has 0 spiro atoms. The van der Waals surface area contributed by atoms with E-state index in [1.54, 1.807) is 22.9 Å². The number of hydrogen-bond acceptors (Lipinski definition) is 1. The molecule has 0 radical (unpaired) electrons. The van der Waals surface area contributed by atoms with Gasteiger partial charge in [0.1, 0.15) is 0 Å². The molecule has 0 aliphatic carbocycles. The Labute approximate surface area is 103 Å². The van der Waals surface area contributed by atoms with Gasteiger partial charge in [0.05, 0.1) is 0 Å². The Hall–Kier alpha value is -1.40. The summed E-state index contributed by atoms with van der Waals surface area (Å²) in [7, 11) is 0.996. The summed E-state index contributed by atoms with van der Waals surface area (Å²) >= 11 is 0. The molecular formula is C14H16NOP. The number of aromatic nitrogens is 1. The van der Waals surface area contributed by atoms with Gasteiger partial charge in [-0.25, -0.2) is 0 Å². The van der Waals surface area contributed by atoms with Crippen molar-refractivity contribution in [1.29, 1.82) is 0 Å². The number of aryl methyl sites for hydroxylation is 1. The molecule has 1 unspecified atom stereocenters. The van der Waals surface area contributed by atoms with E-state index >= 15 is 0 Å². The molecule has 2 aromatic rings. The highest BCUT2D eigenvalue weighted by atomic mass is 31.1. The molecule has 2 nitrogen and oxygen atoms in total. The Balaban J connectivity index is 2.24. The average Bonchev–Trinajstić information content (AvgIpc) is 2.38. The first-order valence-electron chi connectivity index (χ1n) is 5.73. The maximum Gasteiger partial charge on any atom is 0.255 e. The van der Waals surface area contributed by atoms with E-state index < -0.39 is 0 Å². The van der Waals surface area contributed by atoms with Gasteiger partial charge in [-0.3, -0.25) is 9.36 Å². The van der Waals surface area contributed by atoms with Crippen LogP contribution in [0.25, 0.3) is 5.69 Å². The number of benzene rings is 1. The Bertz CT molecular complexity index is 530. The van der Waals surface area contributed by atoms with Gasteiger partial charge in [0.2, 0.25) is 0 Å². The van der Waals surface area contributed by atoms with Crippen LogP contribution in [0, 0.1) is 0 Å². The van der Waals surface area contributed by atoms with Crippen molar-refractivity contribution in [3.8, 4) is 5.69 Å². The number of hydrogen-bond donors (Lipinski definition) is 0. The minimum Gasteiger partial charge on any atom is -0.284 e. The summed E-state index contributed by atoms with van der Waals surface area (Å²) in [6.45, 7) is 2.22. The fourth-order valence-corrected chi connectivity index (χ4v) is 2.27. The highest BCUT2D eigenvalue weighted by Gasteiger charge is 1.98. The van der Waals surface area contributed by atoms with E-state index in [9.17, 15) is 4.79 Å². The monoisotopic (exact) mass is 245 g/mol. The largest absolute Gasteiger partial charge is 0.284 e. The lowest BCUT2D eigenvalue weighted by Crippen LogP contribution is -2.15. The van der Waals surface area contributed by atoms with Crippen LogP contribution in [0.15, 0.2) is 53.5 Å². The summed E-state index contributed by atoms with van der Waals surface area (Å²) in [5.41, 5.74) is 2.28. The Kier molecular flexibility index (Phi) is 4.11. The topological polar surface area (TPSA) is 22.0 Å². The SMILES string of the molecule is CPCCc1ccc(-n2ccccc2=O)cc1. The van der Waals surface area contributed by atoms with Crippen molar-refractivity contribution in [3.05, 3.63) is 64.6 Å². The highest BCUT2D eigenvalue weighted by Crippen LogP contribution is 2.11. The second-order valence-corrected chi connectivity index (χ2v) is 5.14. The molecule has 0 bridgehead atoms. The first-order valence-corrected chi connectivity index (χ1v) is 7.43. The maximum absolute atomic E-state index is 11.6. The number of rotatable bonds is 4. The van der Waals surface area contributed by atoms with E-state index in [0.29, 0.717) is 0 Å². The third-order valence-electron chi connectivity index (χ3n) is 2.70. The quantitative estimate of drug-likeness (QED) is 0.759. The number of nitrogens with zero attached hydrogens (tertiary/aromatic N) is 1. The molecule has 3 heteroatoms. The van der Waals surface area contributed by atoms with E-state index in [-0.39, 0.29) is 5.56 Å². The van der Waals surface area contributed by atoms with Crippen molar-refractivity contribution in [2.45, 2.75) is 6.42 Å². The minimum absolute atomic E-state index is 0.00953. The van der Waals surface area contributed by atoms with Crippen LogP contribution in [-0.2, 0) is 6.42 Å². The van der Waals surface area contributed by atoms with E-state index in [1.807, 2.05) is 18.2 Å². The lowest BCUT2D eigenvalue weighted by molar-refractivity contribution is 0.986. The lowest BCUT2D eigenvalue weighted by atomic mass is 10.1. The van der Waals surface area contributed by atoms with Gasteiger partial charge in [-0.05, 0) is 43.0 Å². The van der Waals surface area contributed by atoms with Crippen LogP contribution in [-0.4, -0.2) is 17.4 Å². The lowest BCUT2D eigenvalue weighted by Gasteiger charge is -2.06. The fraction of sp³-hybridized carbons (Fsp3) is 0.214. The molecule has 1 aromatic heterocycles. The predicted molar refractivity (Wildman–Crippen MR) is 74.8 cm³/mol. The molecule has 0 fully saturated rings. The van der Waals surface area contributed by atoms with E-state index in [1.165, 1.54) is 11.7 Å². The molecule has 0 aliphatic heterocycles. The van der Waals surface area contributed by atoms with Crippen LogP contribution in [0.1, 0.15) is 5.56 Å². The maximum atomic E-state index is 11.6. The summed E-state index contributed by atoms with van der Waals surface area (Å²) in [5, 5.41) is 0. The van der Waals surface area contributed by atoms with Crippen molar-refractivity contribution in [2.75, 3.05) is 12.8 Å². The highest BCUT2D eigenvalue weighted by molar-refractivity contribution is 7.36. The van der Waals surface area contributed by atoms with Gasteiger partial charge in [-0.15, -0.1) is 8.58 Å². The minimum atomic E-state index is 0.00953. The molecule has 1 heterocycles. The summed E-state index contributed by atoms with van der Waals surface area (Å²) in [6, 6.07) is 13.4. The zero-order valence-electron chi connectivity index (χ0n) is 9.89. The molecule has 17 heavy (non-hydrogen) atoms. The van der Waals surface area contributed by atoms with E-state index in [4.69, 9.17) is 0 Å².